The van der Waals surface area contributed by atoms with Gasteiger partial charge in [0.15, 0.2) is 0 Å². The quantitative estimate of drug-likeness (QED) is 0.887. The van der Waals surface area contributed by atoms with Crippen LogP contribution in [0.15, 0.2) is 54.6 Å². The van der Waals surface area contributed by atoms with Crippen LogP contribution in [0.5, 0.6) is 0 Å². The number of benzene rings is 2. The number of carbonyl (C=O) groups is 2. The van der Waals surface area contributed by atoms with Gasteiger partial charge in [0, 0.05) is 11.3 Å². The molecule has 0 radical (unpaired) electrons. The molecule has 1 amide bonds. The van der Waals surface area contributed by atoms with E-state index in [1.807, 2.05) is 54.6 Å². The van der Waals surface area contributed by atoms with Gasteiger partial charge in [-0.1, -0.05) is 61.4 Å². The maximum Gasteiger partial charge on any atom is 0.307 e. The van der Waals surface area contributed by atoms with Gasteiger partial charge >= 0.3 is 5.97 Å². The largest absolute Gasteiger partial charge is 0.481 e. The average Bonchev–Trinajstić information content (AvgIpc) is 2.63. The van der Waals surface area contributed by atoms with Gasteiger partial charge in [0.25, 0.3) is 0 Å². The number of aliphatic carboxylic acids is 1. The van der Waals surface area contributed by atoms with E-state index in [4.69, 9.17) is 0 Å². The molecule has 2 aromatic rings. The van der Waals surface area contributed by atoms with Gasteiger partial charge in [0.1, 0.15) is 0 Å². The van der Waals surface area contributed by atoms with E-state index < -0.39 is 17.8 Å². The molecule has 0 aromatic heterocycles. The number of carbonyl (C=O) groups excluding carboxylic acids is 1. The van der Waals surface area contributed by atoms with E-state index in [0.29, 0.717) is 12.8 Å². The van der Waals surface area contributed by atoms with Crippen LogP contribution in [0.4, 0.5) is 5.69 Å². The molecule has 2 atom stereocenters. The third kappa shape index (κ3) is 3.48. The Morgan fingerprint density at radius 1 is 0.875 bits per heavy atom. The molecule has 4 heteroatoms. The van der Waals surface area contributed by atoms with Crippen molar-refractivity contribution in [1.82, 2.24) is 0 Å². The van der Waals surface area contributed by atoms with Crippen molar-refractivity contribution in [2.45, 2.75) is 25.7 Å². The molecular formula is C20H21NO3. The molecule has 124 valence electrons. The van der Waals surface area contributed by atoms with E-state index >= 15 is 0 Å². The monoisotopic (exact) mass is 323 g/mol. The van der Waals surface area contributed by atoms with Crippen LogP contribution < -0.4 is 5.32 Å². The van der Waals surface area contributed by atoms with Crippen molar-refractivity contribution in [3.63, 3.8) is 0 Å². The Morgan fingerprint density at radius 3 is 2.21 bits per heavy atom. The maximum atomic E-state index is 12.7. The van der Waals surface area contributed by atoms with Crippen molar-refractivity contribution < 1.29 is 14.7 Å². The third-order valence-electron chi connectivity index (χ3n) is 4.69. The smallest absolute Gasteiger partial charge is 0.307 e. The first-order valence-corrected chi connectivity index (χ1v) is 8.35. The van der Waals surface area contributed by atoms with Crippen LogP contribution in [0.3, 0.4) is 0 Å². The van der Waals surface area contributed by atoms with Crippen molar-refractivity contribution >= 4 is 17.6 Å². The summed E-state index contributed by atoms with van der Waals surface area (Å²) in [5.41, 5.74) is 2.68. The summed E-state index contributed by atoms with van der Waals surface area (Å²) < 4.78 is 0. The van der Waals surface area contributed by atoms with E-state index in [9.17, 15) is 14.7 Å². The number of nitrogens with one attached hydrogen (secondary N) is 1. The van der Waals surface area contributed by atoms with Crippen LogP contribution in [-0.4, -0.2) is 17.0 Å². The number of carboxylic acids is 1. The van der Waals surface area contributed by atoms with Crippen LogP contribution in [-0.2, 0) is 9.59 Å². The fourth-order valence-corrected chi connectivity index (χ4v) is 3.43. The fraction of sp³-hybridized carbons (Fsp3) is 0.300. The number of hydrogen-bond acceptors (Lipinski definition) is 2. The van der Waals surface area contributed by atoms with Gasteiger partial charge in [-0.15, -0.1) is 0 Å². The Bertz CT molecular complexity index is 727. The summed E-state index contributed by atoms with van der Waals surface area (Å²) >= 11 is 0. The molecule has 1 aliphatic rings. The lowest BCUT2D eigenvalue weighted by Crippen LogP contribution is -2.36. The molecule has 2 aromatic carbocycles. The average molecular weight is 323 g/mol. The summed E-state index contributed by atoms with van der Waals surface area (Å²) in [5, 5.41) is 12.3. The van der Waals surface area contributed by atoms with Crippen LogP contribution in [0.2, 0.25) is 0 Å². The second-order valence-corrected chi connectivity index (χ2v) is 6.24. The first kappa shape index (κ1) is 16.2. The summed E-state index contributed by atoms with van der Waals surface area (Å²) in [6.45, 7) is 0. The van der Waals surface area contributed by atoms with E-state index in [1.165, 1.54) is 0 Å². The number of para-hydroxylation sites is 1. The first-order valence-electron chi connectivity index (χ1n) is 8.35. The summed E-state index contributed by atoms with van der Waals surface area (Å²) in [6, 6.07) is 17.5. The van der Waals surface area contributed by atoms with Crippen molar-refractivity contribution in [3.05, 3.63) is 54.6 Å². The van der Waals surface area contributed by atoms with Crippen LogP contribution in [0.1, 0.15) is 25.7 Å². The Morgan fingerprint density at radius 2 is 1.50 bits per heavy atom. The van der Waals surface area contributed by atoms with Gasteiger partial charge in [0.2, 0.25) is 5.91 Å². The minimum absolute atomic E-state index is 0.189. The fourth-order valence-electron chi connectivity index (χ4n) is 3.43. The van der Waals surface area contributed by atoms with Gasteiger partial charge in [0.05, 0.1) is 11.8 Å². The zero-order chi connectivity index (χ0) is 16.9. The molecule has 0 bridgehead atoms. The highest BCUT2D eigenvalue weighted by Crippen LogP contribution is 2.33. The zero-order valence-electron chi connectivity index (χ0n) is 13.4. The number of anilines is 1. The van der Waals surface area contributed by atoms with Crippen molar-refractivity contribution in [2.75, 3.05) is 5.32 Å². The molecule has 0 spiro atoms. The Hall–Kier alpha value is -2.62. The summed E-state index contributed by atoms with van der Waals surface area (Å²) in [4.78, 5) is 24.1. The second kappa shape index (κ2) is 7.30. The molecule has 0 aliphatic heterocycles. The number of rotatable bonds is 4. The van der Waals surface area contributed by atoms with Crippen LogP contribution in [0, 0.1) is 11.8 Å². The zero-order valence-corrected chi connectivity index (χ0v) is 13.4. The first-order chi connectivity index (χ1) is 11.7. The van der Waals surface area contributed by atoms with E-state index in [-0.39, 0.29) is 5.91 Å². The molecule has 24 heavy (non-hydrogen) atoms. The molecule has 0 heterocycles. The van der Waals surface area contributed by atoms with Crippen LogP contribution in [0.25, 0.3) is 11.1 Å². The van der Waals surface area contributed by atoms with Gasteiger partial charge < -0.3 is 10.4 Å². The topological polar surface area (TPSA) is 66.4 Å². The molecule has 0 saturated heterocycles. The Balaban J connectivity index is 1.83. The minimum atomic E-state index is -0.869. The maximum absolute atomic E-state index is 12.7. The highest BCUT2D eigenvalue weighted by atomic mass is 16.4. The van der Waals surface area contributed by atoms with Gasteiger partial charge in [-0.3, -0.25) is 9.59 Å². The SMILES string of the molecule is O=C(O)[C@@H]1CCCC[C@H]1C(=O)Nc1ccccc1-c1ccccc1. The molecule has 1 aliphatic carbocycles. The minimum Gasteiger partial charge on any atom is -0.481 e. The highest BCUT2D eigenvalue weighted by molar-refractivity contribution is 5.98. The molecule has 1 fully saturated rings. The second-order valence-electron chi connectivity index (χ2n) is 6.24. The predicted molar refractivity (Wildman–Crippen MR) is 93.6 cm³/mol. The normalized spacial score (nSPS) is 20.3. The van der Waals surface area contributed by atoms with Gasteiger partial charge in [-0.2, -0.15) is 0 Å². The molecular weight excluding hydrogens is 302 g/mol. The van der Waals surface area contributed by atoms with Gasteiger partial charge in [-0.05, 0) is 24.5 Å². The molecule has 0 unspecified atom stereocenters. The molecule has 4 nitrogen and oxygen atoms in total. The highest BCUT2D eigenvalue weighted by Gasteiger charge is 2.35. The predicted octanol–water partition coefficient (Wildman–Crippen LogP) is 4.18. The van der Waals surface area contributed by atoms with E-state index in [1.54, 1.807) is 0 Å². The van der Waals surface area contributed by atoms with Crippen molar-refractivity contribution in [3.8, 4) is 11.1 Å². The number of carboxylic acid groups (broad SMARTS) is 1. The van der Waals surface area contributed by atoms with Crippen molar-refractivity contribution in [1.29, 1.82) is 0 Å². The Labute approximate surface area is 141 Å². The Kier molecular flexibility index (Phi) is 4.94. The number of hydrogen-bond donors (Lipinski definition) is 2. The molecule has 1 saturated carbocycles. The molecule has 2 N–H and O–H groups in total. The summed E-state index contributed by atoms with van der Waals surface area (Å²) in [6.07, 6.45) is 2.99. The lowest BCUT2D eigenvalue weighted by Gasteiger charge is -2.27. The standard InChI is InChI=1S/C20H21NO3/c22-19(16-11-4-5-12-17(16)20(23)24)21-18-13-7-6-10-15(18)14-8-2-1-3-9-14/h1-3,6-10,13,16-17H,4-5,11-12H2,(H,21,22)(H,23,24)/t16-,17-/m1/s1. The number of amides is 1. The summed E-state index contributed by atoms with van der Waals surface area (Å²) in [7, 11) is 0. The lowest BCUT2D eigenvalue weighted by molar-refractivity contribution is -0.147. The summed E-state index contributed by atoms with van der Waals surface area (Å²) in [5.74, 6) is -2.10. The van der Waals surface area contributed by atoms with Crippen LogP contribution >= 0.6 is 0 Å². The lowest BCUT2D eigenvalue weighted by atomic mass is 9.78. The van der Waals surface area contributed by atoms with E-state index in [0.717, 1.165) is 29.7 Å². The third-order valence-corrected chi connectivity index (χ3v) is 4.69. The van der Waals surface area contributed by atoms with Crippen molar-refractivity contribution in [2.24, 2.45) is 11.8 Å². The van der Waals surface area contributed by atoms with Gasteiger partial charge in [-0.25, -0.2) is 0 Å². The molecule has 3 rings (SSSR count). The van der Waals surface area contributed by atoms with E-state index in [2.05, 4.69) is 5.32 Å².